The van der Waals surface area contributed by atoms with Crippen LogP contribution >= 0.6 is 0 Å². The van der Waals surface area contributed by atoms with Crippen molar-refractivity contribution in [1.29, 1.82) is 0 Å². The molecule has 1 saturated heterocycles. The lowest BCUT2D eigenvalue weighted by atomic mass is 9.86. The molecule has 0 aliphatic carbocycles. The first-order valence-electron chi connectivity index (χ1n) is 12.7. The number of fused-ring (bicyclic) bond motifs is 1. The summed E-state index contributed by atoms with van der Waals surface area (Å²) < 4.78 is 6.16. The quantitative estimate of drug-likeness (QED) is 0.614. The summed E-state index contributed by atoms with van der Waals surface area (Å²) in [6, 6.07) is 10.4. The number of carboxylic acids is 1. The Morgan fingerprint density at radius 1 is 1.14 bits per heavy atom. The van der Waals surface area contributed by atoms with Crippen molar-refractivity contribution in [3.63, 3.8) is 0 Å². The van der Waals surface area contributed by atoms with E-state index < -0.39 is 17.7 Å². The summed E-state index contributed by atoms with van der Waals surface area (Å²) >= 11 is 0. The molecule has 3 aliphatic heterocycles. The minimum atomic E-state index is -1.11. The van der Waals surface area contributed by atoms with E-state index in [1.54, 1.807) is 0 Å². The number of aliphatic imine (C=N–C) groups is 1. The second-order valence-electron chi connectivity index (χ2n) is 11.2. The van der Waals surface area contributed by atoms with Crippen molar-refractivity contribution >= 4 is 11.7 Å². The van der Waals surface area contributed by atoms with Crippen molar-refractivity contribution in [2.75, 3.05) is 20.1 Å². The number of hydrogen-bond donors (Lipinski definition) is 1. The number of carbonyl (C=O) groups is 1. The Morgan fingerprint density at radius 2 is 1.77 bits per heavy atom. The van der Waals surface area contributed by atoms with Crippen LogP contribution in [0.15, 0.2) is 58.6 Å². The van der Waals surface area contributed by atoms with Gasteiger partial charge in [0.05, 0.1) is 17.2 Å². The van der Waals surface area contributed by atoms with E-state index in [9.17, 15) is 9.90 Å². The number of nitrogens with zero attached hydrogens (tertiary/aromatic N) is 4. The van der Waals surface area contributed by atoms with Gasteiger partial charge in [0.2, 0.25) is 0 Å². The number of ether oxygens (including phenoxy) is 1. The van der Waals surface area contributed by atoms with Crippen molar-refractivity contribution in [1.82, 2.24) is 14.9 Å². The van der Waals surface area contributed by atoms with E-state index >= 15 is 0 Å². The van der Waals surface area contributed by atoms with Crippen molar-refractivity contribution in [3.8, 4) is 0 Å². The molecule has 0 bridgehead atoms. The third-order valence-electron chi connectivity index (χ3n) is 7.24. The highest BCUT2D eigenvalue weighted by atomic mass is 16.5. The van der Waals surface area contributed by atoms with Gasteiger partial charge < -0.3 is 14.7 Å². The van der Waals surface area contributed by atoms with Crippen LogP contribution in [0.2, 0.25) is 0 Å². The molecule has 7 nitrogen and oxygen atoms in total. The van der Waals surface area contributed by atoms with E-state index in [4.69, 9.17) is 9.73 Å². The van der Waals surface area contributed by atoms with Crippen molar-refractivity contribution < 1.29 is 14.6 Å². The van der Waals surface area contributed by atoms with Gasteiger partial charge in [-0.25, -0.2) is 19.8 Å². The normalized spacial score (nSPS) is 22.9. The minimum absolute atomic E-state index is 0.0112. The smallest absolute Gasteiger partial charge is 0.337 e. The Hall–Kier alpha value is -2.64. The molecule has 0 aromatic heterocycles. The topological polar surface area (TPSA) is 68.6 Å². The van der Waals surface area contributed by atoms with Gasteiger partial charge in [0.1, 0.15) is 11.6 Å². The Bertz CT molecular complexity index is 1030. The van der Waals surface area contributed by atoms with E-state index in [1.807, 2.05) is 45.9 Å². The maximum Gasteiger partial charge on any atom is 0.337 e. The van der Waals surface area contributed by atoms with Crippen molar-refractivity contribution in [3.05, 3.63) is 59.2 Å². The molecule has 35 heavy (non-hydrogen) atoms. The SMILES string of the molecule is CC1=NC2=CC(c3ccccc3)N(C)N2C(N2CCC(C(C)C)CC2)=C1C(OC(C)(C)C)C(=O)O. The van der Waals surface area contributed by atoms with Gasteiger partial charge >= 0.3 is 5.97 Å². The zero-order valence-electron chi connectivity index (χ0n) is 22.2. The summed E-state index contributed by atoms with van der Waals surface area (Å²) in [5.74, 6) is 2.06. The third-order valence-corrected chi connectivity index (χ3v) is 7.24. The summed E-state index contributed by atoms with van der Waals surface area (Å²) in [6.07, 6.45) is 3.22. The molecule has 1 aromatic rings. The predicted molar refractivity (Wildman–Crippen MR) is 138 cm³/mol. The maximum absolute atomic E-state index is 12.6. The fraction of sp³-hybridized carbons (Fsp3) is 0.571. The van der Waals surface area contributed by atoms with Crippen LogP contribution < -0.4 is 0 Å². The summed E-state index contributed by atoms with van der Waals surface area (Å²) in [4.78, 5) is 19.8. The van der Waals surface area contributed by atoms with E-state index in [2.05, 4.69) is 54.0 Å². The molecule has 0 spiro atoms. The number of piperidine rings is 1. The number of hydrogen-bond acceptors (Lipinski definition) is 6. The lowest BCUT2D eigenvalue weighted by Crippen LogP contribution is -2.50. The van der Waals surface area contributed by atoms with Gasteiger partial charge in [-0.1, -0.05) is 44.2 Å². The van der Waals surface area contributed by atoms with Gasteiger partial charge in [-0.2, -0.15) is 0 Å². The molecule has 1 aromatic carbocycles. The molecule has 7 heteroatoms. The Morgan fingerprint density at radius 3 is 2.31 bits per heavy atom. The second-order valence-corrected chi connectivity index (χ2v) is 11.2. The molecule has 3 heterocycles. The number of hydrazine groups is 1. The lowest BCUT2D eigenvalue weighted by Gasteiger charge is -2.45. The number of likely N-dealkylation sites (tertiary alicyclic amines) is 1. The number of carboxylic acid groups (broad SMARTS) is 1. The van der Waals surface area contributed by atoms with Crippen LogP contribution in [0.3, 0.4) is 0 Å². The Balaban J connectivity index is 1.81. The van der Waals surface area contributed by atoms with Crippen molar-refractivity contribution in [2.24, 2.45) is 16.8 Å². The van der Waals surface area contributed by atoms with Crippen LogP contribution in [-0.2, 0) is 9.53 Å². The molecular formula is C28H40N4O3. The fourth-order valence-electron chi connectivity index (χ4n) is 5.39. The van der Waals surface area contributed by atoms with Crippen LogP contribution in [-0.4, -0.2) is 63.5 Å². The molecule has 3 aliphatic rings. The molecule has 0 amide bonds. The number of likely N-dealkylation sites (N-methyl/N-ethyl adjacent to an activating group) is 1. The van der Waals surface area contributed by atoms with Crippen LogP contribution in [0.4, 0.5) is 0 Å². The molecule has 0 saturated carbocycles. The van der Waals surface area contributed by atoms with E-state index in [1.165, 1.54) is 5.56 Å². The molecule has 1 N–H and O–H groups in total. The minimum Gasteiger partial charge on any atom is -0.479 e. The highest BCUT2D eigenvalue weighted by Crippen LogP contribution is 2.42. The van der Waals surface area contributed by atoms with Gasteiger partial charge in [0.15, 0.2) is 6.10 Å². The predicted octanol–water partition coefficient (Wildman–Crippen LogP) is 5.05. The summed E-state index contributed by atoms with van der Waals surface area (Å²) in [7, 11) is 2.05. The monoisotopic (exact) mass is 480 g/mol. The molecule has 1 fully saturated rings. The van der Waals surface area contributed by atoms with Gasteiger partial charge in [0, 0.05) is 25.8 Å². The van der Waals surface area contributed by atoms with Crippen LogP contribution in [0.5, 0.6) is 0 Å². The fourth-order valence-corrected chi connectivity index (χ4v) is 5.39. The van der Waals surface area contributed by atoms with Crippen LogP contribution in [0.25, 0.3) is 0 Å². The van der Waals surface area contributed by atoms with E-state index in [0.717, 1.165) is 37.6 Å². The second kappa shape index (κ2) is 9.78. The van der Waals surface area contributed by atoms with Crippen LogP contribution in [0.1, 0.15) is 66.0 Å². The molecular weight excluding hydrogens is 440 g/mol. The largest absolute Gasteiger partial charge is 0.479 e. The molecule has 190 valence electrons. The number of benzene rings is 1. The summed E-state index contributed by atoms with van der Waals surface area (Å²) in [6.45, 7) is 13.9. The third kappa shape index (κ3) is 5.16. The summed E-state index contributed by atoms with van der Waals surface area (Å²) in [5.41, 5.74) is 1.90. The molecule has 0 radical (unpaired) electrons. The van der Waals surface area contributed by atoms with Gasteiger partial charge in [0.25, 0.3) is 0 Å². The molecule has 4 rings (SSSR count). The van der Waals surface area contributed by atoms with Gasteiger partial charge in [-0.15, -0.1) is 0 Å². The van der Waals surface area contributed by atoms with Gasteiger partial charge in [-0.05, 0) is 64.0 Å². The highest BCUT2D eigenvalue weighted by molar-refractivity contribution is 6.05. The summed E-state index contributed by atoms with van der Waals surface area (Å²) in [5, 5.41) is 14.6. The first-order chi connectivity index (χ1) is 16.5. The number of rotatable bonds is 6. The first kappa shape index (κ1) is 25.5. The van der Waals surface area contributed by atoms with Gasteiger partial charge in [-0.3, -0.25) is 0 Å². The molecule has 2 atom stereocenters. The van der Waals surface area contributed by atoms with Crippen LogP contribution in [0, 0.1) is 11.8 Å². The first-order valence-corrected chi connectivity index (χ1v) is 12.7. The number of aliphatic carboxylic acids is 1. The zero-order valence-corrected chi connectivity index (χ0v) is 22.2. The zero-order chi connectivity index (χ0) is 25.5. The average Bonchev–Trinajstić information content (AvgIpc) is 3.12. The standard InChI is InChI=1S/C28H40N4O3/c1-18(2)20-13-15-31(16-14-20)26-24(25(27(33)34)35-28(4,5)6)19(3)29-23-17-22(30(7)32(23)26)21-11-9-8-10-12-21/h8-12,17-18,20,22,25H,13-16H2,1-7H3,(H,33,34). The van der Waals surface area contributed by atoms with Crippen molar-refractivity contribution in [2.45, 2.75) is 72.1 Å². The average molecular weight is 481 g/mol. The Labute approximate surface area is 209 Å². The molecule has 2 unspecified atom stereocenters. The highest BCUT2D eigenvalue weighted by Gasteiger charge is 2.44. The maximum atomic E-state index is 12.6. The van der Waals surface area contributed by atoms with E-state index in [-0.39, 0.29) is 6.04 Å². The Kier molecular flexibility index (Phi) is 7.11. The lowest BCUT2D eigenvalue weighted by molar-refractivity contribution is -0.155. The van der Waals surface area contributed by atoms with E-state index in [0.29, 0.717) is 23.1 Å².